The lowest BCUT2D eigenvalue weighted by molar-refractivity contribution is 0.00355. The quantitative estimate of drug-likeness (QED) is 0.861. The Balaban J connectivity index is 2.06. The number of aromatic nitrogens is 1. The van der Waals surface area contributed by atoms with Crippen molar-refractivity contribution in [2.24, 2.45) is 0 Å². The van der Waals surface area contributed by atoms with Gasteiger partial charge in [-0.2, -0.15) is 0 Å². The average molecular weight is 236 g/mol. The Bertz CT molecular complexity index is 351. The summed E-state index contributed by atoms with van der Waals surface area (Å²) in [5.41, 5.74) is 2.22. The summed E-state index contributed by atoms with van der Waals surface area (Å²) < 4.78 is 5.43. The van der Waals surface area contributed by atoms with Gasteiger partial charge in [0.25, 0.3) is 0 Å². The number of hydrogen-bond acceptors (Lipinski definition) is 4. The summed E-state index contributed by atoms with van der Waals surface area (Å²) in [5, 5.41) is 9.11. The number of anilines is 1. The third-order valence-electron chi connectivity index (χ3n) is 3.07. The Morgan fingerprint density at radius 3 is 2.94 bits per heavy atom. The molecule has 1 aliphatic heterocycles. The van der Waals surface area contributed by atoms with E-state index >= 15 is 0 Å². The van der Waals surface area contributed by atoms with Crippen LogP contribution in [0.2, 0.25) is 0 Å². The molecule has 0 spiro atoms. The Kier molecular flexibility index (Phi) is 3.97. The summed E-state index contributed by atoms with van der Waals surface area (Å²) in [6.45, 7) is 6.61. The fourth-order valence-corrected chi connectivity index (χ4v) is 1.99. The smallest absolute Gasteiger partial charge is 0.0980 e. The minimum atomic E-state index is -0.0754. The lowest BCUT2D eigenvalue weighted by atomic mass is 10.1. The first-order chi connectivity index (χ1) is 8.20. The summed E-state index contributed by atoms with van der Waals surface area (Å²) in [6, 6.07) is 4.17. The van der Waals surface area contributed by atoms with Crippen LogP contribution in [0.3, 0.4) is 0 Å². The first-order valence-corrected chi connectivity index (χ1v) is 6.14. The lowest BCUT2D eigenvalue weighted by Gasteiger charge is -2.33. The highest BCUT2D eigenvalue weighted by atomic mass is 16.5. The molecule has 4 nitrogen and oxygen atoms in total. The minimum Gasteiger partial charge on any atom is -0.394 e. The molecule has 1 atom stereocenters. The van der Waals surface area contributed by atoms with E-state index in [1.165, 1.54) is 0 Å². The van der Waals surface area contributed by atoms with E-state index in [4.69, 9.17) is 9.84 Å². The Morgan fingerprint density at radius 2 is 2.35 bits per heavy atom. The van der Waals surface area contributed by atoms with E-state index in [0.717, 1.165) is 24.5 Å². The molecular weight excluding hydrogens is 216 g/mol. The average Bonchev–Trinajstić information content (AvgIpc) is 2.39. The van der Waals surface area contributed by atoms with Crippen molar-refractivity contribution in [3.63, 3.8) is 0 Å². The molecule has 2 heterocycles. The number of hydrogen-bond donors (Lipinski definition) is 1. The molecule has 1 aromatic rings. The van der Waals surface area contributed by atoms with Gasteiger partial charge >= 0.3 is 0 Å². The summed E-state index contributed by atoms with van der Waals surface area (Å²) >= 11 is 0. The zero-order valence-electron chi connectivity index (χ0n) is 10.5. The minimum absolute atomic E-state index is 0.0754. The van der Waals surface area contributed by atoms with Crippen LogP contribution in [0.5, 0.6) is 0 Å². The molecule has 0 amide bonds. The van der Waals surface area contributed by atoms with E-state index in [1.807, 2.05) is 6.20 Å². The van der Waals surface area contributed by atoms with Crippen molar-refractivity contribution in [2.45, 2.75) is 25.9 Å². The second kappa shape index (κ2) is 5.47. The molecule has 1 fully saturated rings. The van der Waals surface area contributed by atoms with Crippen molar-refractivity contribution in [1.29, 1.82) is 0 Å². The fourth-order valence-electron chi connectivity index (χ4n) is 1.99. The third kappa shape index (κ3) is 2.96. The van der Waals surface area contributed by atoms with Gasteiger partial charge in [-0.15, -0.1) is 0 Å². The van der Waals surface area contributed by atoms with E-state index in [9.17, 15) is 0 Å². The molecule has 0 aromatic carbocycles. The number of rotatable bonds is 3. The SMILES string of the molecule is CC(C)c1ccc(N2CCO[C@@H](CO)C2)cn1. The van der Waals surface area contributed by atoms with Gasteiger partial charge < -0.3 is 14.7 Å². The third-order valence-corrected chi connectivity index (χ3v) is 3.07. The van der Waals surface area contributed by atoms with Gasteiger partial charge in [-0.25, -0.2) is 0 Å². The monoisotopic (exact) mass is 236 g/mol. The molecule has 1 aromatic heterocycles. The van der Waals surface area contributed by atoms with Crippen LogP contribution in [-0.4, -0.2) is 42.5 Å². The molecule has 0 saturated carbocycles. The summed E-state index contributed by atoms with van der Waals surface area (Å²) in [5.74, 6) is 0.457. The number of aliphatic hydroxyl groups is 1. The van der Waals surface area contributed by atoms with E-state index in [-0.39, 0.29) is 12.7 Å². The summed E-state index contributed by atoms with van der Waals surface area (Å²) in [4.78, 5) is 6.67. The van der Waals surface area contributed by atoms with Gasteiger partial charge in [-0.1, -0.05) is 13.8 Å². The Morgan fingerprint density at radius 1 is 1.53 bits per heavy atom. The van der Waals surface area contributed by atoms with E-state index in [0.29, 0.717) is 12.5 Å². The second-order valence-electron chi connectivity index (χ2n) is 4.72. The molecule has 94 valence electrons. The number of pyridine rings is 1. The van der Waals surface area contributed by atoms with Gasteiger partial charge in [0.15, 0.2) is 0 Å². The summed E-state index contributed by atoms with van der Waals surface area (Å²) in [7, 11) is 0. The Labute approximate surface area is 102 Å². The lowest BCUT2D eigenvalue weighted by Crippen LogP contribution is -2.44. The van der Waals surface area contributed by atoms with Crippen molar-refractivity contribution in [1.82, 2.24) is 4.98 Å². The zero-order valence-corrected chi connectivity index (χ0v) is 10.5. The molecule has 4 heteroatoms. The predicted molar refractivity (Wildman–Crippen MR) is 67.4 cm³/mol. The van der Waals surface area contributed by atoms with Crippen molar-refractivity contribution < 1.29 is 9.84 Å². The topological polar surface area (TPSA) is 45.6 Å². The van der Waals surface area contributed by atoms with E-state index < -0.39 is 0 Å². The highest BCUT2D eigenvalue weighted by Crippen LogP contribution is 2.19. The molecule has 0 unspecified atom stereocenters. The van der Waals surface area contributed by atoms with Crippen molar-refractivity contribution in [3.8, 4) is 0 Å². The largest absolute Gasteiger partial charge is 0.394 e. The van der Waals surface area contributed by atoms with Crippen LogP contribution in [0.25, 0.3) is 0 Å². The standard InChI is InChI=1S/C13H20N2O2/c1-10(2)13-4-3-11(7-14-13)15-5-6-17-12(8-15)9-16/h3-4,7,10,12,16H,5-6,8-9H2,1-2H3/t12-/m1/s1. The van der Waals surface area contributed by atoms with E-state index in [2.05, 4.69) is 35.9 Å². The molecule has 1 aliphatic rings. The number of ether oxygens (including phenoxy) is 1. The van der Waals surface area contributed by atoms with Gasteiger partial charge in [0.05, 0.1) is 31.2 Å². The highest BCUT2D eigenvalue weighted by molar-refractivity contribution is 5.45. The predicted octanol–water partition coefficient (Wildman–Crippen LogP) is 1.40. The van der Waals surface area contributed by atoms with Crippen LogP contribution in [0.4, 0.5) is 5.69 Å². The van der Waals surface area contributed by atoms with Crippen molar-refractivity contribution >= 4 is 5.69 Å². The van der Waals surface area contributed by atoms with Crippen LogP contribution < -0.4 is 4.90 Å². The van der Waals surface area contributed by atoms with Gasteiger partial charge in [0.2, 0.25) is 0 Å². The first kappa shape index (κ1) is 12.3. The summed E-state index contributed by atoms with van der Waals surface area (Å²) in [6.07, 6.45) is 1.84. The van der Waals surface area contributed by atoms with Gasteiger partial charge in [0, 0.05) is 18.8 Å². The van der Waals surface area contributed by atoms with Crippen LogP contribution in [0.15, 0.2) is 18.3 Å². The van der Waals surface area contributed by atoms with Gasteiger partial charge in [-0.3, -0.25) is 4.98 Å². The molecule has 0 aliphatic carbocycles. The molecule has 0 bridgehead atoms. The molecular formula is C13H20N2O2. The normalized spacial score (nSPS) is 20.9. The first-order valence-electron chi connectivity index (χ1n) is 6.14. The molecule has 17 heavy (non-hydrogen) atoms. The zero-order chi connectivity index (χ0) is 12.3. The van der Waals surface area contributed by atoms with Crippen LogP contribution in [0, 0.1) is 0 Å². The van der Waals surface area contributed by atoms with Crippen molar-refractivity contribution in [2.75, 3.05) is 31.2 Å². The maximum absolute atomic E-state index is 9.11. The second-order valence-corrected chi connectivity index (χ2v) is 4.72. The van der Waals surface area contributed by atoms with Gasteiger partial charge in [-0.05, 0) is 18.1 Å². The van der Waals surface area contributed by atoms with E-state index in [1.54, 1.807) is 0 Å². The number of aliphatic hydroxyl groups excluding tert-OH is 1. The highest BCUT2D eigenvalue weighted by Gasteiger charge is 2.20. The van der Waals surface area contributed by atoms with Crippen LogP contribution >= 0.6 is 0 Å². The molecule has 0 radical (unpaired) electrons. The van der Waals surface area contributed by atoms with Crippen molar-refractivity contribution in [3.05, 3.63) is 24.0 Å². The number of morpholine rings is 1. The fraction of sp³-hybridized carbons (Fsp3) is 0.615. The molecule has 2 rings (SSSR count). The molecule has 1 N–H and O–H groups in total. The van der Waals surface area contributed by atoms with Crippen LogP contribution in [-0.2, 0) is 4.74 Å². The Hall–Kier alpha value is -1.13. The van der Waals surface area contributed by atoms with Gasteiger partial charge in [0.1, 0.15) is 0 Å². The molecule has 1 saturated heterocycles. The maximum atomic E-state index is 9.11. The maximum Gasteiger partial charge on any atom is 0.0980 e. The van der Waals surface area contributed by atoms with Crippen LogP contribution in [0.1, 0.15) is 25.5 Å². The number of nitrogens with zero attached hydrogens (tertiary/aromatic N) is 2.